The van der Waals surface area contributed by atoms with Crippen molar-refractivity contribution >= 4 is 11.3 Å². The lowest BCUT2D eigenvalue weighted by Crippen LogP contribution is -2.44. The monoisotopic (exact) mass is 342 g/mol. The molecule has 1 fully saturated rings. The van der Waals surface area contributed by atoms with Crippen molar-refractivity contribution < 1.29 is 9.26 Å². The van der Waals surface area contributed by atoms with Crippen LogP contribution in [-0.4, -0.2) is 15.1 Å². The van der Waals surface area contributed by atoms with Crippen molar-refractivity contribution in [1.29, 1.82) is 0 Å². The molecule has 0 spiro atoms. The minimum absolute atomic E-state index is 0.406. The van der Waals surface area contributed by atoms with Gasteiger partial charge in [-0.2, -0.15) is 4.98 Å². The van der Waals surface area contributed by atoms with Gasteiger partial charge in [0, 0.05) is 5.38 Å². The molecule has 24 heavy (non-hydrogen) atoms. The average Bonchev–Trinajstić information content (AvgIpc) is 3.20. The summed E-state index contributed by atoms with van der Waals surface area (Å²) in [4.78, 5) is 8.91. The van der Waals surface area contributed by atoms with Gasteiger partial charge in [-0.15, -0.1) is 11.3 Å². The molecule has 6 nitrogen and oxygen atoms in total. The Kier molecular flexibility index (Phi) is 3.82. The topological polar surface area (TPSA) is 87.1 Å². The van der Waals surface area contributed by atoms with Crippen molar-refractivity contribution in [3.05, 3.63) is 46.2 Å². The second-order valence-electron chi connectivity index (χ2n) is 6.08. The minimum atomic E-state index is -0.435. The van der Waals surface area contributed by atoms with Crippen LogP contribution in [0, 0.1) is 6.92 Å². The zero-order valence-corrected chi connectivity index (χ0v) is 14.2. The molecule has 0 bridgehead atoms. The Labute approximate surface area is 143 Å². The first-order chi connectivity index (χ1) is 11.6. The minimum Gasteiger partial charge on any atom is -0.486 e. The Morgan fingerprint density at radius 3 is 2.83 bits per heavy atom. The summed E-state index contributed by atoms with van der Waals surface area (Å²) in [6.45, 7) is 2.38. The van der Waals surface area contributed by atoms with Gasteiger partial charge >= 0.3 is 0 Å². The number of aryl methyl sites for hydroxylation is 1. The van der Waals surface area contributed by atoms with E-state index in [0.29, 0.717) is 24.1 Å². The summed E-state index contributed by atoms with van der Waals surface area (Å²) < 4.78 is 11.3. The van der Waals surface area contributed by atoms with Crippen molar-refractivity contribution in [1.82, 2.24) is 15.1 Å². The van der Waals surface area contributed by atoms with Crippen LogP contribution in [0.3, 0.4) is 0 Å². The van der Waals surface area contributed by atoms with Crippen LogP contribution in [0.1, 0.15) is 35.8 Å². The van der Waals surface area contributed by atoms with E-state index >= 15 is 0 Å². The Morgan fingerprint density at radius 1 is 1.29 bits per heavy atom. The van der Waals surface area contributed by atoms with Crippen LogP contribution in [0.4, 0.5) is 0 Å². The maximum absolute atomic E-state index is 6.27. The van der Waals surface area contributed by atoms with Gasteiger partial charge in [-0.05, 0) is 38.3 Å². The van der Waals surface area contributed by atoms with E-state index in [1.165, 1.54) is 0 Å². The third-order valence-electron chi connectivity index (χ3n) is 4.28. The summed E-state index contributed by atoms with van der Waals surface area (Å²) in [5, 5.41) is 7.09. The molecule has 0 aliphatic heterocycles. The third kappa shape index (κ3) is 2.81. The van der Waals surface area contributed by atoms with E-state index in [1.54, 1.807) is 11.3 Å². The van der Waals surface area contributed by atoms with Crippen LogP contribution >= 0.6 is 11.3 Å². The zero-order chi connectivity index (χ0) is 16.6. The number of hydrogen-bond acceptors (Lipinski definition) is 7. The molecule has 4 rings (SSSR count). The van der Waals surface area contributed by atoms with E-state index in [2.05, 4.69) is 15.1 Å². The van der Waals surface area contributed by atoms with E-state index in [4.69, 9.17) is 15.0 Å². The second kappa shape index (κ2) is 5.99. The molecule has 0 atom stereocenters. The van der Waals surface area contributed by atoms with Gasteiger partial charge in [0.15, 0.2) is 5.82 Å². The quantitative estimate of drug-likeness (QED) is 0.764. The van der Waals surface area contributed by atoms with Gasteiger partial charge in [0.2, 0.25) is 0 Å². The molecular formula is C17H18N4O2S. The number of ether oxygens (including phenoxy) is 1. The zero-order valence-electron chi connectivity index (χ0n) is 13.4. The molecule has 124 valence electrons. The molecule has 7 heteroatoms. The fraction of sp³-hybridized carbons (Fsp3) is 0.353. The Balaban J connectivity index is 1.57. The highest BCUT2D eigenvalue weighted by Gasteiger charge is 2.39. The number of rotatable bonds is 5. The van der Waals surface area contributed by atoms with Gasteiger partial charge < -0.3 is 15.0 Å². The highest BCUT2D eigenvalue weighted by molar-refractivity contribution is 7.09. The molecule has 1 saturated carbocycles. The van der Waals surface area contributed by atoms with Gasteiger partial charge in [-0.1, -0.05) is 17.3 Å². The van der Waals surface area contributed by atoms with E-state index < -0.39 is 5.54 Å². The number of para-hydroxylation sites is 1. The van der Waals surface area contributed by atoms with Gasteiger partial charge in [0.1, 0.15) is 12.4 Å². The number of nitrogens with two attached hydrogens (primary N) is 1. The maximum atomic E-state index is 6.27. The number of aromatic nitrogens is 3. The normalized spacial score (nSPS) is 15.9. The second-order valence-corrected chi connectivity index (χ2v) is 7.14. The number of hydrogen-bond donors (Lipinski definition) is 1. The van der Waals surface area contributed by atoms with Gasteiger partial charge in [0.25, 0.3) is 5.89 Å². The third-order valence-corrected chi connectivity index (χ3v) is 5.10. The van der Waals surface area contributed by atoms with E-state index in [9.17, 15) is 0 Å². The van der Waals surface area contributed by atoms with Crippen LogP contribution in [0.5, 0.6) is 5.75 Å². The Morgan fingerprint density at radius 2 is 2.12 bits per heavy atom. The summed E-state index contributed by atoms with van der Waals surface area (Å²) in [7, 11) is 0. The Hall–Kier alpha value is -2.25. The molecule has 2 N–H and O–H groups in total. The lowest BCUT2D eigenvalue weighted by molar-refractivity contribution is 0.229. The molecule has 0 radical (unpaired) electrons. The molecule has 3 aromatic rings. The molecular weight excluding hydrogens is 324 g/mol. The van der Waals surface area contributed by atoms with Crippen LogP contribution in [-0.2, 0) is 12.1 Å². The van der Waals surface area contributed by atoms with E-state index in [-0.39, 0.29) is 0 Å². The van der Waals surface area contributed by atoms with Crippen LogP contribution in [0.15, 0.2) is 34.2 Å². The first-order valence-corrected chi connectivity index (χ1v) is 8.78. The van der Waals surface area contributed by atoms with Gasteiger partial charge in [-0.25, -0.2) is 4.98 Å². The fourth-order valence-electron chi connectivity index (χ4n) is 2.71. The number of benzene rings is 1. The average molecular weight is 342 g/mol. The summed E-state index contributed by atoms with van der Waals surface area (Å²) in [6, 6.07) is 7.63. The van der Waals surface area contributed by atoms with E-state index in [0.717, 1.165) is 35.5 Å². The smallest absolute Gasteiger partial charge is 0.261 e. The lowest BCUT2D eigenvalue weighted by atomic mass is 9.77. The highest BCUT2D eigenvalue weighted by atomic mass is 32.1. The number of thiazole rings is 1. The molecule has 1 aliphatic rings. The molecule has 2 heterocycles. The predicted octanol–water partition coefficient (Wildman–Crippen LogP) is 3.42. The molecule has 2 aromatic heterocycles. The largest absolute Gasteiger partial charge is 0.486 e. The maximum Gasteiger partial charge on any atom is 0.261 e. The highest BCUT2D eigenvalue weighted by Crippen LogP contribution is 2.38. The standard InChI is InChI=1S/C17H18N4O2S/c1-11-19-12(10-24-11)9-22-14-6-3-2-5-13(14)15-20-16(21-23-15)17(18)7-4-8-17/h2-3,5-6,10H,4,7-9,18H2,1H3. The van der Waals surface area contributed by atoms with Crippen molar-refractivity contribution in [2.75, 3.05) is 0 Å². The fourth-order valence-corrected chi connectivity index (χ4v) is 3.31. The van der Waals surface area contributed by atoms with Gasteiger partial charge in [-0.3, -0.25) is 0 Å². The predicted molar refractivity (Wildman–Crippen MR) is 90.6 cm³/mol. The molecule has 0 unspecified atom stereocenters. The SMILES string of the molecule is Cc1nc(COc2ccccc2-c2nc(C3(N)CCC3)no2)cs1. The molecule has 1 aliphatic carbocycles. The first kappa shape index (κ1) is 15.3. The summed E-state index contributed by atoms with van der Waals surface area (Å²) >= 11 is 1.61. The Bertz CT molecular complexity index is 854. The molecule has 0 amide bonds. The van der Waals surface area contributed by atoms with Crippen molar-refractivity contribution in [2.45, 2.75) is 38.3 Å². The van der Waals surface area contributed by atoms with Crippen molar-refractivity contribution in [3.63, 3.8) is 0 Å². The van der Waals surface area contributed by atoms with Crippen molar-refractivity contribution in [3.8, 4) is 17.2 Å². The van der Waals surface area contributed by atoms with E-state index in [1.807, 2.05) is 36.6 Å². The van der Waals surface area contributed by atoms with Crippen molar-refractivity contribution in [2.24, 2.45) is 5.73 Å². The van der Waals surface area contributed by atoms with Crippen LogP contribution in [0.2, 0.25) is 0 Å². The molecule has 1 aromatic carbocycles. The summed E-state index contributed by atoms with van der Waals surface area (Å²) in [5.41, 5.74) is 7.51. The summed E-state index contributed by atoms with van der Waals surface area (Å²) in [6.07, 6.45) is 2.90. The first-order valence-electron chi connectivity index (χ1n) is 7.90. The van der Waals surface area contributed by atoms with Gasteiger partial charge in [0.05, 0.1) is 21.8 Å². The van der Waals surface area contributed by atoms with Crippen LogP contribution < -0.4 is 10.5 Å². The number of nitrogens with zero attached hydrogens (tertiary/aromatic N) is 3. The van der Waals surface area contributed by atoms with Crippen LogP contribution in [0.25, 0.3) is 11.5 Å². The summed E-state index contributed by atoms with van der Waals surface area (Å²) in [5.74, 6) is 1.71. The lowest BCUT2D eigenvalue weighted by Gasteiger charge is -2.34. The molecule has 0 saturated heterocycles.